The van der Waals surface area contributed by atoms with E-state index < -0.39 is 0 Å². The van der Waals surface area contributed by atoms with Crippen LogP contribution in [0.1, 0.15) is 0 Å². The minimum absolute atomic E-state index is 0.515. The molecule has 0 N–H and O–H groups in total. The number of aromatic nitrogens is 5. The first kappa shape index (κ1) is 21.9. The molecule has 0 aliphatic carbocycles. The molecule has 3 heterocycles. The Morgan fingerprint density at radius 3 is 1.55 bits per heavy atom. The number of benzene rings is 4. The summed E-state index contributed by atoms with van der Waals surface area (Å²) in [5.74, 6) is 1.61. The van der Waals surface area contributed by atoms with Crippen LogP contribution in [-0.2, 0) is 0 Å². The zero-order chi connectivity index (χ0) is 25.3. The third kappa shape index (κ3) is 3.96. The highest BCUT2D eigenvalue weighted by atomic mass is 15.1. The van der Waals surface area contributed by atoms with Gasteiger partial charge >= 0.3 is 0 Å². The van der Waals surface area contributed by atoms with E-state index in [0.717, 1.165) is 11.1 Å². The van der Waals surface area contributed by atoms with Gasteiger partial charge in [-0.2, -0.15) is 0 Å². The van der Waals surface area contributed by atoms with E-state index in [4.69, 9.17) is 9.97 Å². The van der Waals surface area contributed by atoms with Crippen molar-refractivity contribution in [3.05, 3.63) is 128 Å². The first-order valence-electron chi connectivity index (χ1n) is 12.4. The molecule has 5 heteroatoms. The molecule has 0 unspecified atom stereocenters. The second kappa shape index (κ2) is 9.30. The number of hydrogen-bond acceptors (Lipinski definition) is 5. The first-order chi connectivity index (χ1) is 18.8. The molecule has 0 saturated carbocycles. The summed E-state index contributed by atoms with van der Waals surface area (Å²) in [6.07, 6.45) is 3.48. The van der Waals surface area contributed by atoms with E-state index >= 15 is 0 Å². The van der Waals surface area contributed by atoms with Crippen molar-refractivity contribution in [2.24, 2.45) is 0 Å². The smallest absolute Gasteiger partial charge is 0.182 e. The van der Waals surface area contributed by atoms with Crippen molar-refractivity contribution in [2.45, 2.75) is 0 Å². The van der Waals surface area contributed by atoms with Crippen molar-refractivity contribution in [1.29, 1.82) is 0 Å². The fourth-order valence-corrected chi connectivity index (χ4v) is 4.82. The van der Waals surface area contributed by atoms with Crippen LogP contribution in [0.25, 0.3) is 67.1 Å². The maximum atomic E-state index is 4.78. The van der Waals surface area contributed by atoms with Crippen LogP contribution in [0.5, 0.6) is 0 Å². The van der Waals surface area contributed by atoms with Gasteiger partial charge in [-0.25, -0.2) is 15.0 Å². The third-order valence-electron chi connectivity index (χ3n) is 6.65. The largest absolute Gasteiger partial charge is 0.253 e. The van der Waals surface area contributed by atoms with Gasteiger partial charge in [0.25, 0.3) is 0 Å². The summed E-state index contributed by atoms with van der Waals surface area (Å²) < 4.78 is 0. The highest BCUT2D eigenvalue weighted by molar-refractivity contribution is 6.13. The molecule has 4 aromatic carbocycles. The highest BCUT2D eigenvalue weighted by Gasteiger charge is 2.14. The van der Waals surface area contributed by atoms with Gasteiger partial charge in [0.1, 0.15) is 11.4 Å². The lowest BCUT2D eigenvalue weighted by Gasteiger charge is -2.12. The van der Waals surface area contributed by atoms with Crippen molar-refractivity contribution in [2.75, 3.05) is 0 Å². The second-order valence-corrected chi connectivity index (χ2v) is 9.00. The molecule has 5 nitrogen and oxygen atoms in total. The van der Waals surface area contributed by atoms with Gasteiger partial charge in [-0.3, -0.25) is 9.97 Å². The predicted octanol–water partition coefficient (Wildman–Crippen LogP) is 7.64. The van der Waals surface area contributed by atoms with Crippen molar-refractivity contribution >= 4 is 21.5 Å². The lowest BCUT2D eigenvalue weighted by Crippen LogP contribution is -2.01. The van der Waals surface area contributed by atoms with Crippen LogP contribution >= 0.6 is 0 Å². The quantitative estimate of drug-likeness (QED) is 0.239. The van der Waals surface area contributed by atoms with Gasteiger partial charge < -0.3 is 0 Å². The average Bonchev–Trinajstić information content (AvgIpc) is 3.01. The topological polar surface area (TPSA) is 64.5 Å². The van der Waals surface area contributed by atoms with Crippen molar-refractivity contribution in [1.82, 2.24) is 24.9 Å². The molecule has 0 amide bonds. The fraction of sp³-hybridized carbons (Fsp3) is 0. The molecule has 0 atom stereocenters. The number of nitrogens with zero attached hydrogens (tertiary/aromatic N) is 5. The molecule has 3 aromatic heterocycles. The fourth-order valence-electron chi connectivity index (χ4n) is 4.82. The molecule has 0 saturated heterocycles. The summed E-state index contributed by atoms with van der Waals surface area (Å²) >= 11 is 0. The molecule has 0 bridgehead atoms. The van der Waals surface area contributed by atoms with E-state index in [9.17, 15) is 0 Å². The van der Waals surface area contributed by atoms with Crippen molar-refractivity contribution in [3.8, 4) is 45.6 Å². The Morgan fingerprint density at radius 2 is 0.921 bits per heavy atom. The van der Waals surface area contributed by atoms with E-state index in [-0.39, 0.29) is 0 Å². The van der Waals surface area contributed by atoms with Gasteiger partial charge in [-0.05, 0) is 63.0 Å². The summed E-state index contributed by atoms with van der Waals surface area (Å²) in [7, 11) is 0. The predicted molar refractivity (Wildman–Crippen MR) is 152 cm³/mol. The van der Waals surface area contributed by atoms with Crippen molar-refractivity contribution < 1.29 is 0 Å². The molecule has 0 aliphatic heterocycles. The third-order valence-corrected chi connectivity index (χ3v) is 6.65. The summed E-state index contributed by atoms with van der Waals surface area (Å²) in [5, 5.41) is 4.97. The highest BCUT2D eigenvalue weighted by Crippen LogP contribution is 2.35. The Kier molecular flexibility index (Phi) is 5.37. The SMILES string of the molecule is c1ccc(-c2nc(-c3ccc(-c4cc5ccccc5c5ccccc45)cc3)nc(-c3ccccn3)n2)nc1. The molecule has 7 aromatic rings. The Balaban J connectivity index is 1.35. The summed E-state index contributed by atoms with van der Waals surface area (Å²) in [4.78, 5) is 23.1. The Morgan fingerprint density at radius 1 is 0.395 bits per heavy atom. The minimum Gasteiger partial charge on any atom is -0.253 e. The van der Waals surface area contributed by atoms with Gasteiger partial charge in [0.15, 0.2) is 17.5 Å². The molecule has 38 heavy (non-hydrogen) atoms. The number of hydrogen-bond donors (Lipinski definition) is 0. The van der Waals surface area contributed by atoms with Crippen LogP contribution in [0.2, 0.25) is 0 Å². The Bertz CT molecular complexity index is 1840. The lowest BCUT2D eigenvalue weighted by atomic mass is 9.93. The lowest BCUT2D eigenvalue weighted by molar-refractivity contribution is 1.05. The molecule has 0 spiro atoms. The molecular formula is C33H21N5. The molecule has 178 valence electrons. The van der Waals surface area contributed by atoms with Gasteiger partial charge in [-0.15, -0.1) is 0 Å². The van der Waals surface area contributed by atoms with Crippen LogP contribution in [0.3, 0.4) is 0 Å². The summed E-state index contributed by atoms with van der Waals surface area (Å²) in [6, 6.07) is 39.2. The van der Waals surface area contributed by atoms with Crippen LogP contribution in [0.15, 0.2) is 128 Å². The van der Waals surface area contributed by atoms with E-state index in [1.807, 2.05) is 36.4 Å². The number of fused-ring (bicyclic) bond motifs is 3. The summed E-state index contributed by atoms with van der Waals surface area (Å²) in [5.41, 5.74) is 4.61. The van der Waals surface area contributed by atoms with Gasteiger partial charge in [0.2, 0.25) is 0 Å². The van der Waals surface area contributed by atoms with Gasteiger partial charge in [0, 0.05) is 18.0 Å². The first-order valence-corrected chi connectivity index (χ1v) is 12.4. The number of rotatable bonds is 4. The van der Waals surface area contributed by atoms with Crippen LogP contribution < -0.4 is 0 Å². The van der Waals surface area contributed by atoms with Crippen LogP contribution in [0, 0.1) is 0 Å². The van der Waals surface area contributed by atoms with E-state index in [0.29, 0.717) is 28.9 Å². The Hall–Kier alpha value is -5.29. The van der Waals surface area contributed by atoms with Gasteiger partial charge in [-0.1, -0.05) is 84.9 Å². The zero-order valence-corrected chi connectivity index (χ0v) is 20.4. The standard InChI is InChI=1S/C33H21N5/c1-2-10-25-24(9-1)21-28(27-12-4-3-11-26(25)27)22-15-17-23(18-16-22)31-36-32(29-13-5-7-19-34-29)38-33(37-31)30-14-6-8-20-35-30/h1-21H. The monoisotopic (exact) mass is 487 g/mol. The average molecular weight is 488 g/mol. The minimum atomic E-state index is 0.515. The molecule has 0 radical (unpaired) electrons. The van der Waals surface area contributed by atoms with E-state index in [2.05, 4.69) is 93.8 Å². The van der Waals surface area contributed by atoms with E-state index in [1.165, 1.54) is 27.1 Å². The van der Waals surface area contributed by atoms with Crippen molar-refractivity contribution in [3.63, 3.8) is 0 Å². The maximum absolute atomic E-state index is 4.78. The van der Waals surface area contributed by atoms with Gasteiger partial charge in [0.05, 0.1) is 0 Å². The van der Waals surface area contributed by atoms with E-state index in [1.54, 1.807) is 12.4 Å². The normalized spacial score (nSPS) is 11.2. The number of pyridine rings is 2. The maximum Gasteiger partial charge on any atom is 0.182 e. The molecule has 0 aliphatic rings. The van der Waals surface area contributed by atoms with Crippen LogP contribution in [-0.4, -0.2) is 24.9 Å². The Labute approximate surface area is 219 Å². The van der Waals surface area contributed by atoms with Crippen LogP contribution in [0.4, 0.5) is 0 Å². The molecular weight excluding hydrogens is 466 g/mol. The molecule has 7 rings (SSSR count). The zero-order valence-electron chi connectivity index (χ0n) is 20.4. The molecule has 0 fully saturated rings. The summed E-state index contributed by atoms with van der Waals surface area (Å²) in [6.45, 7) is 0. The second-order valence-electron chi connectivity index (χ2n) is 9.00.